The Morgan fingerprint density at radius 1 is 1.19 bits per heavy atom. The molecule has 3 unspecified atom stereocenters. The van der Waals surface area contributed by atoms with Crippen LogP contribution in [0.2, 0.25) is 0 Å². The highest BCUT2D eigenvalue weighted by Gasteiger charge is 2.47. The first kappa shape index (κ1) is 15.6. The van der Waals surface area contributed by atoms with Crippen LogP contribution in [0.1, 0.15) is 11.9 Å². The molecule has 2 saturated heterocycles. The average Bonchev–Trinajstić information content (AvgIpc) is 3.36. The zero-order chi connectivity index (χ0) is 17.5. The fourth-order valence-corrected chi connectivity index (χ4v) is 3.49. The summed E-state index contributed by atoms with van der Waals surface area (Å²) in [4.78, 5) is 21.5. The van der Waals surface area contributed by atoms with Crippen LogP contribution < -0.4 is 10.9 Å². The Morgan fingerprint density at radius 2 is 2.08 bits per heavy atom. The van der Waals surface area contributed by atoms with Crippen molar-refractivity contribution in [1.29, 1.82) is 0 Å². The SMILES string of the molecule is O=c1[nH]cnc2c(NCC3CO[C@@H]4OC(c5ccccc5)OC34)c[nH]c12. The van der Waals surface area contributed by atoms with E-state index in [2.05, 4.69) is 20.3 Å². The van der Waals surface area contributed by atoms with Crippen molar-refractivity contribution in [2.45, 2.75) is 18.7 Å². The van der Waals surface area contributed by atoms with E-state index < -0.39 is 6.29 Å². The molecule has 8 heteroatoms. The lowest BCUT2D eigenvalue weighted by atomic mass is 10.1. The molecule has 2 fully saturated rings. The van der Waals surface area contributed by atoms with Crippen LogP contribution in [-0.4, -0.2) is 40.5 Å². The summed E-state index contributed by atoms with van der Waals surface area (Å²) in [5.74, 6) is 0.139. The Hall–Kier alpha value is -2.68. The first-order valence-corrected chi connectivity index (χ1v) is 8.56. The van der Waals surface area contributed by atoms with E-state index in [0.29, 0.717) is 24.2 Å². The molecule has 0 bridgehead atoms. The zero-order valence-electron chi connectivity index (χ0n) is 13.8. The number of aromatic nitrogens is 3. The van der Waals surface area contributed by atoms with E-state index in [0.717, 1.165) is 11.3 Å². The maximum Gasteiger partial charge on any atom is 0.275 e. The number of benzene rings is 1. The van der Waals surface area contributed by atoms with E-state index in [9.17, 15) is 4.79 Å². The summed E-state index contributed by atoms with van der Waals surface area (Å²) in [7, 11) is 0. The van der Waals surface area contributed by atoms with Crippen molar-refractivity contribution in [3.05, 3.63) is 58.8 Å². The molecule has 0 spiro atoms. The topological polar surface area (TPSA) is 101 Å². The molecule has 8 nitrogen and oxygen atoms in total. The van der Waals surface area contributed by atoms with Crippen LogP contribution in [0.5, 0.6) is 0 Å². The Balaban J connectivity index is 1.28. The second kappa shape index (κ2) is 6.24. The normalized spacial score (nSPS) is 27.7. The van der Waals surface area contributed by atoms with Crippen molar-refractivity contribution in [2.24, 2.45) is 5.92 Å². The van der Waals surface area contributed by atoms with E-state index in [1.54, 1.807) is 6.20 Å². The second-order valence-corrected chi connectivity index (χ2v) is 6.48. The number of rotatable bonds is 4. The molecule has 0 radical (unpaired) electrons. The molecule has 3 aromatic rings. The summed E-state index contributed by atoms with van der Waals surface area (Å²) < 4.78 is 17.7. The third kappa shape index (κ3) is 2.59. The molecule has 4 atom stereocenters. The van der Waals surface area contributed by atoms with Crippen molar-refractivity contribution in [1.82, 2.24) is 15.0 Å². The molecule has 0 saturated carbocycles. The smallest absolute Gasteiger partial charge is 0.275 e. The van der Waals surface area contributed by atoms with Crippen LogP contribution in [0.15, 0.2) is 47.7 Å². The fraction of sp³-hybridized carbons (Fsp3) is 0.333. The molecule has 1 aromatic carbocycles. The van der Waals surface area contributed by atoms with Gasteiger partial charge in [0.25, 0.3) is 5.56 Å². The molecular formula is C18H18N4O4. The minimum atomic E-state index is -0.401. The van der Waals surface area contributed by atoms with Gasteiger partial charge in [-0.3, -0.25) is 4.79 Å². The Kier molecular flexibility index (Phi) is 3.74. The molecule has 4 heterocycles. The molecular weight excluding hydrogens is 336 g/mol. The van der Waals surface area contributed by atoms with Gasteiger partial charge in [0.2, 0.25) is 0 Å². The van der Waals surface area contributed by atoms with Crippen molar-refractivity contribution in [3.63, 3.8) is 0 Å². The lowest BCUT2D eigenvalue weighted by Crippen LogP contribution is -2.28. The highest BCUT2D eigenvalue weighted by atomic mass is 16.8. The van der Waals surface area contributed by atoms with Crippen molar-refractivity contribution < 1.29 is 14.2 Å². The van der Waals surface area contributed by atoms with E-state index in [4.69, 9.17) is 14.2 Å². The summed E-state index contributed by atoms with van der Waals surface area (Å²) >= 11 is 0. The standard InChI is InChI=1S/C18H18N4O4/c23-16-14-13(21-9-22-16)12(7-20-14)19-6-11-8-24-18-15(11)25-17(26-18)10-4-2-1-3-5-10/h1-5,7,9,11,15,17-20H,6,8H2,(H,21,22,23)/t11?,15?,17?,18-/m1/s1. The van der Waals surface area contributed by atoms with Gasteiger partial charge in [-0.1, -0.05) is 30.3 Å². The van der Waals surface area contributed by atoms with Gasteiger partial charge < -0.3 is 29.5 Å². The molecule has 134 valence electrons. The second-order valence-electron chi connectivity index (χ2n) is 6.48. The van der Waals surface area contributed by atoms with Gasteiger partial charge in [0.05, 0.1) is 18.6 Å². The van der Waals surface area contributed by atoms with Crippen LogP contribution in [-0.2, 0) is 14.2 Å². The van der Waals surface area contributed by atoms with Crippen LogP contribution in [0.4, 0.5) is 5.69 Å². The van der Waals surface area contributed by atoms with Crippen LogP contribution >= 0.6 is 0 Å². The minimum absolute atomic E-state index is 0.130. The third-order valence-corrected chi connectivity index (χ3v) is 4.84. The average molecular weight is 354 g/mol. The van der Waals surface area contributed by atoms with Gasteiger partial charge in [-0.15, -0.1) is 0 Å². The van der Waals surface area contributed by atoms with E-state index in [1.165, 1.54) is 6.33 Å². The number of nitrogens with one attached hydrogen (secondary N) is 3. The number of ether oxygens (including phenoxy) is 3. The molecule has 2 aliphatic rings. The Labute approximate surface area is 148 Å². The highest BCUT2D eigenvalue weighted by molar-refractivity contribution is 5.87. The van der Waals surface area contributed by atoms with Gasteiger partial charge in [0.1, 0.15) is 17.1 Å². The predicted octanol–water partition coefficient (Wildman–Crippen LogP) is 1.75. The molecule has 3 N–H and O–H groups in total. The molecule has 5 rings (SSSR count). The molecule has 2 aliphatic heterocycles. The lowest BCUT2D eigenvalue weighted by Gasteiger charge is -2.17. The van der Waals surface area contributed by atoms with Gasteiger partial charge in [0, 0.05) is 24.2 Å². The van der Waals surface area contributed by atoms with Gasteiger partial charge in [0.15, 0.2) is 12.6 Å². The highest BCUT2D eigenvalue weighted by Crippen LogP contribution is 2.39. The van der Waals surface area contributed by atoms with Gasteiger partial charge in [-0.2, -0.15) is 0 Å². The van der Waals surface area contributed by atoms with Crippen molar-refractivity contribution >= 4 is 16.7 Å². The number of anilines is 1. The quantitative estimate of drug-likeness (QED) is 0.660. The Bertz CT molecular complexity index is 970. The first-order chi connectivity index (χ1) is 12.8. The summed E-state index contributed by atoms with van der Waals surface area (Å²) in [6.45, 7) is 1.19. The Morgan fingerprint density at radius 3 is 2.96 bits per heavy atom. The number of aromatic amines is 2. The maximum atomic E-state index is 11.8. The van der Waals surface area contributed by atoms with Crippen LogP contribution in [0.3, 0.4) is 0 Å². The fourth-order valence-electron chi connectivity index (χ4n) is 3.49. The van der Waals surface area contributed by atoms with Gasteiger partial charge in [-0.05, 0) is 0 Å². The summed E-state index contributed by atoms with van der Waals surface area (Å²) in [6, 6.07) is 9.84. The van der Waals surface area contributed by atoms with E-state index in [-0.39, 0.29) is 23.9 Å². The number of H-pyrrole nitrogens is 2. The minimum Gasteiger partial charge on any atom is -0.382 e. The number of nitrogens with zero attached hydrogens (tertiary/aromatic N) is 1. The number of hydrogen-bond donors (Lipinski definition) is 3. The first-order valence-electron chi connectivity index (χ1n) is 8.56. The van der Waals surface area contributed by atoms with Crippen LogP contribution in [0.25, 0.3) is 11.0 Å². The van der Waals surface area contributed by atoms with Gasteiger partial charge >= 0.3 is 0 Å². The van der Waals surface area contributed by atoms with Crippen molar-refractivity contribution in [3.8, 4) is 0 Å². The van der Waals surface area contributed by atoms with Crippen LogP contribution in [0, 0.1) is 5.92 Å². The predicted molar refractivity (Wildman–Crippen MR) is 93.6 cm³/mol. The largest absolute Gasteiger partial charge is 0.382 e. The number of fused-ring (bicyclic) bond motifs is 2. The third-order valence-electron chi connectivity index (χ3n) is 4.84. The molecule has 26 heavy (non-hydrogen) atoms. The maximum absolute atomic E-state index is 11.8. The molecule has 0 amide bonds. The van der Waals surface area contributed by atoms with Crippen molar-refractivity contribution in [2.75, 3.05) is 18.5 Å². The summed E-state index contributed by atoms with van der Waals surface area (Å²) in [5.41, 5.74) is 2.66. The molecule has 0 aliphatic carbocycles. The summed E-state index contributed by atoms with van der Waals surface area (Å²) in [5, 5.41) is 3.34. The molecule has 2 aromatic heterocycles. The summed E-state index contributed by atoms with van der Waals surface area (Å²) in [6.07, 6.45) is 2.27. The van der Waals surface area contributed by atoms with E-state index >= 15 is 0 Å². The van der Waals surface area contributed by atoms with Gasteiger partial charge in [-0.25, -0.2) is 4.98 Å². The monoisotopic (exact) mass is 354 g/mol. The lowest BCUT2D eigenvalue weighted by molar-refractivity contribution is -0.143. The number of hydrogen-bond acceptors (Lipinski definition) is 6. The zero-order valence-corrected chi connectivity index (χ0v) is 13.8. The van der Waals surface area contributed by atoms with E-state index in [1.807, 2.05) is 30.3 Å².